The Morgan fingerprint density at radius 3 is 2.76 bits per heavy atom. The molecule has 1 N–H and O–H groups in total. The number of carboxylic acids is 1. The Hall–Kier alpha value is -1.62. The van der Waals surface area contributed by atoms with Gasteiger partial charge in [-0.3, -0.25) is 0 Å². The molecule has 0 saturated carbocycles. The molecule has 0 radical (unpaired) electrons. The zero-order chi connectivity index (χ0) is 12.9. The van der Waals surface area contributed by atoms with Crippen LogP contribution in [-0.4, -0.2) is 30.4 Å². The highest BCUT2D eigenvalue weighted by Gasteiger charge is 2.35. The number of methoxy groups -OCH3 is 1. The highest BCUT2D eigenvalue weighted by atomic mass is 19.1. The number of carbonyl (C=O) groups is 1. The molecule has 17 heavy (non-hydrogen) atoms. The lowest BCUT2D eigenvalue weighted by Gasteiger charge is -2.26. The van der Waals surface area contributed by atoms with Gasteiger partial charge in [-0.05, 0) is 19.1 Å². The Morgan fingerprint density at radius 2 is 2.24 bits per heavy atom. The quantitative estimate of drug-likeness (QED) is 0.829. The first-order valence-electron chi connectivity index (χ1n) is 5.15. The van der Waals surface area contributed by atoms with Crippen LogP contribution in [0.4, 0.5) is 4.39 Å². The first kappa shape index (κ1) is 13.4. The minimum atomic E-state index is -1.43. The van der Waals surface area contributed by atoms with E-state index >= 15 is 0 Å². The van der Waals surface area contributed by atoms with Crippen LogP contribution < -0.4 is 4.74 Å². The first-order valence-corrected chi connectivity index (χ1v) is 5.15. The number of ether oxygens (including phenoxy) is 2. The fourth-order valence-corrected chi connectivity index (χ4v) is 1.29. The molecule has 0 amide bonds. The van der Waals surface area contributed by atoms with Gasteiger partial charge in [0, 0.05) is 19.6 Å². The molecule has 0 spiro atoms. The Bertz CT molecular complexity index is 394. The minimum Gasteiger partial charge on any atom is -0.478 e. The SMILES string of the molecule is COCCC(C)(Oc1cccc(F)c1)C(=O)O. The summed E-state index contributed by atoms with van der Waals surface area (Å²) < 4.78 is 23.1. The summed E-state index contributed by atoms with van der Waals surface area (Å²) in [6.07, 6.45) is 0.176. The summed E-state index contributed by atoms with van der Waals surface area (Å²) in [4.78, 5) is 11.1. The second kappa shape index (κ2) is 5.63. The monoisotopic (exact) mass is 242 g/mol. The Labute approximate surface area is 99.0 Å². The van der Waals surface area contributed by atoms with Crippen LogP contribution >= 0.6 is 0 Å². The second-order valence-corrected chi connectivity index (χ2v) is 3.84. The standard InChI is InChI=1S/C12H15FO4/c1-12(11(14)15,6-7-16-2)17-10-5-3-4-9(13)8-10/h3-5,8H,6-7H2,1-2H3,(H,14,15). The molecule has 0 fully saturated rings. The van der Waals surface area contributed by atoms with Crippen molar-refractivity contribution in [2.75, 3.05) is 13.7 Å². The molecule has 0 aliphatic carbocycles. The van der Waals surface area contributed by atoms with E-state index in [0.29, 0.717) is 0 Å². The lowest BCUT2D eigenvalue weighted by Crippen LogP contribution is -2.42. The summed E-state index contributed by atoms with van der Waals surface area (Å²) in [7, 11) is 1.48. The fraction of sp³-hybridized carbons (Fsp3) is 0.417. The predicted molar refractivity (Wildman–Crippen MR) is 59.6 cm³/mol. The highest BCUT2D eigenvalue weighted by Crippen LogP contribution is 2.22. The van der Waals surface area contributed by atoms with E-state index in [1.807, 2.05) is 0 Å². The van der Waals surface area contributed by atoms with Crippen LogP contribution in [-0.2, 0) is 9.53 Å². The van der Waals surface area contributed by atoms with Crippen molar-refractivity contribution in [2.45, 2.75) is 18.9 Å². The molecule has 1 aromatic rings. The molecule has 1 atom stereocenters. The van der Waals surface area contributed by atoms with E-state index in [9.17, 15) is 9.18 Å². The average Bonchev–Trinajstić information content (AvgIpc) is 2.26. The third-order valence-electron chi connectivity index (χ3n) is 2.37. The number of hydrogen-bond acceptors (Lipinski definition) is 3. The topological polar surface area (TPSA) is 55.8 Å². The normalized spacial score (nSPS) is 14.1. The Morgan fingerprint density at radius 1 is 1.53 bits per heavy atom. The van der Waals surface area contributed by atoms with Crippen molar-refractivity contribution in [1.82, 2.24) is 0 Å². The van der Waals surface area contributed by atoms with Crippen LogP contribution in [0.3, 0.4) is 0 Å². The van der Waals surface area contributed by atoms with Gasteiger partial charge in [0.15, 0.2) is 0 Å². The largest absolute Gasteiger partial charge is 0.478 e. The van der Waals surface area contributed by atoms with E-state index < -0.39 is 17.4 Å². The van der Waals surface area contributed by atoms with Gasteiger partial charge in [0.25, 0.3) is 0 Å². The lowest BCUT2D eigenvalue weighted by atomic mass is 10.0. The maximum absolute atomic E-state index is 12.9. The van der Waals surface area contributed by atoms with Gasteiger partial charge in [-0.25, -0.2) is 9.18 Å². The van der Waals surface area contributed by atoms with Crippen LogP contribution in [0, 0.1) is 5.82 Å². The molecule has 0 saturated heterocycles. The molecule has 4 nitrogen and oxygen atoms in total. The molecule has 0 aliphatic rings. The first-order chi connectivity index (χ1) is 7.98. The summed E-state index contributed by atoms with van der Waals surface area (Å²) in [5, 5.41) is 9.12. The third-order valence-corrected chi connectivity index (χ3v) is 2.37. The summed E-state index contributed by atoms with van der Waals surface area (Å²) in [6.45, 7) is 1.68. The van der Waals surface area contributed by atoms with Crippen molar-refractivity contribution < 1.29 is 23.8 Å². The van der Waals surface area contributed by atoms with Crippen molar-refractivity contribution in [3.05, 3.63) is 30.1 Å². The van der Waals surface area contributed by atoms with Gasteiger partial charge in [0.2, 0.25) is 5.60 Å². The molecule has 94 valence electrons. The van der Waals surface area contributed by atoms with Crippen molar-refractivity contribution in [1.29, 1.82) is 0 Å². The Kier molecular flexibility index (Phi) is 4.45. The summed E-state index contributed by atoms with van der Waals surface area (Å²) in [5.74, 6) is -1.40. The number of halogens is 1. The van der Waals surface area contributed by atoms with E-state index in [1.54, 1.807) is 0 Å². The van der Waals surface area contributed by atoms with Crippen LogP contribution in [0.5, 0.6) is 5.75 Å². The van der Waals surface area contributed by atoms with E-state index in [0.717, 1.165) is 6.07 Å². The van der Waals surface area contributed by atoms with Gasteiger partial charge in [-0.15, -0.1) is 0 Å². The number of carboxylic acid groups (broad SMARTS) is 1. The van der Waals surface area contributed by atoms with Crippen molar-refractivity contribution in [2.24, 2.45) is 0 Å². The maximum atomic E-state index is 12.9. The van der Waals surface area contributed by atoms with Gasteiger partial charge in [-0.2, -0.15) is 0 Å². The molecule has 1 aromatic carbocycles. The van der Waals surface area contributed by atoms with Crippen LogP contribution in [0.25, 0.3) is 0 Å². The zero-order valence-corrected chi connectivity index (χ0v) is 9.77. The van der Waals surface area contributed by atoms with Crippen molar-refractivity contribution in [3.63, 3.8) is 0 Å². The van der Waals surface area contributed by atoms with E-state index in [1.165, 1.54) is 32.2 Å². The summed E-state index contributed by atoms with van der Waals surface area (Å²) in [6, 6.07) is 5.38. The molecule has 0 heterocycles. The van der Waals surface area contributed by atoms with Crippen LogP contribution in [0.1, 0.15) is 13.3 Å². The van der Waals surface area contributed by atoms with E-state index in [4.69, 9.17) is 14.6 Å². The molecule has 0 aromatic heterocycles. The minimum absolute atomic E-state index is 0.176. The number of rotatable bonds is 6. The van der Waals surface area contributed by atoms with Gasteiger partial charge in [0.05, 0.1) is 6.61 Å². The number of aliphatic carboxylic acids is 1. The zero-order valence-electron chi connectivity index (χ0n) is 9.77. The molecule has 5 heteroatoms. The van der Waals surface area contributed by atoms with Crippen molar-refractivity contribution >= 4 is 5.97 Å². The highest BCUT2D eigenvalue weighted by molar-refractivity contribution is 5.77. The fourth-order valence-electron chi connectivity index (χ4n) is 1.29. The molecular formula is C12H15FO4. The van der Waals surface area contributed by atoms with Gasteiger partial charge in [-0.1, -0.05) is 6.07 Å². The van der Waals surface area contributed by atoms with Gasteiger partial charge < -0.3 is 14.6 Å². The third kappa shape index (κ3) is 3.71. The van der Waals surface area contributed by atoms with E-state index in [-0.39, 0.29) is 18.8 Å². The van der Waals surface area contributed by atoms with Crippen LogP contribution in [0.2, 0.25) is 0 Å². The average molecular weight is 242 g/mol. The molecule has 1 rings (SSSR count). The smallest absolute Gasteiger partial charge is 0.347 e. The summed E-state index contributed by atoms with van der Waals surface area (Å²) >= 11 is 0. The number of benzene rings is 1. The Balaban J connectivity index is 2.83. The maximum Gasteiger partial charge on any atom is 0.347 e. The molecule has 0 aliphatic heterocycles. The van der Waals surface area contributed by atoms with Crippen LogP contribution in [0.15, 0.2) is 24.3 Å². The summed E-state index contributed by atoms with van der Waals surface area (Å²) in [5.41, 5.74) is -1.43. The number of hydrogen-bond donors (Lipinski definition) is 1. The van der Waals surface area contributed by atoms with Gasteiger partial charge >= 0.3 is 5.97 Å². The molecule has 0 bridgehead atoms. The predicted octanol–water partition coefficient (Wildman–Crippen LogP) is 2.08. The molecule has 1 unspecified atom stereocenters. The molecular weight excluding hydrogens is 227 g/mol. The second-order valence-electron chi connectivity index (χ2n) is 3.84. The lowest BCUT2D eigenvalue weighted by molar-refractivity contribution is -0.155. The van der Waals surface area contributed by atoms with Crippen molar-refractivity contribution in [3.8, 4) is 5.75 Å². The van der Waals surface area contributed by atoms with E-state index in [2.05, 4.69) is 0 Å². The van der Waals surface area contributed by atoms with Gasteiger partial charge in [0.1, 0.15) is 11.6 Å².